The number of primary amides is 1. The SMILES string of the molecule is NC(=O)NCCCOC(=O)c1ccc(Cl)o1. The van der Waals surface area contributed by atoms with Crippen LogP contribution in [0.3, 0.4) is 0 Å². The Morgan fingerprint density at radius 3 is 2.81 bits per heavy atom. The van der Waals surface area contributed by atoms with Gasteiger partial charge in [0.15, 0.2) is 5.22 Å². The maximum absolute atomic E-state index is 11.3. The number of esters is 1. The summed E-state index contributed by atoms with van der Waals surface area (Å²) in [6.45, 7) is 0.513. The van der Waals surface area contributed by atoms with E-state index in [1.54, 1.807) is 0 Å². The third-order valence-corrected chi connectivity index (χ3v) is 1.83. The molecule has 0 fully saturated rings. The molecule has 0 saturated heterocycles. The first-order chi connectivity index (χ1) is 7.59. The second-order valence-corrected chi connectivity index (χ2v) is 3.26. The molecular weight excluding hydrogens is 236 g/mol. The molecule has 1 rings (SSSR count). The number of hydrogen-bond donors (Lipinski definition) is 2. The average Bonchev–Trinajstić information content (AvgIpc) is 2.63. The lowest BCUT2D eigenvalue weighted by Gasteiger charge is -2.03. The molecule has 0 aliphatic rings. The lowest BCUT2D eigenvalue weighted by molar-refractivity contribution is 0.0465. The molecule has 1 aromatic rings. The highest BCUT2D eigenvalue weighted by Gasteiger charge is 2.11. The van der Waals surface area contributed by atoms with E-state index < -0.39 is 12.0 Å². The summed E-state index contributed by atoms with van der Waals surface area (Å²) in [5, 5.41) is 2.49. The predicted octanol–water partition coefficient (Wildman–Crippen LogP) is 1.15. The number of rotatable bonds is 5. The van der Waals surface area contributed by atoms with Gasteiger partial charge in [-0.2, -0.15) is 0 Å². The minimum atomic E-state index is -0.607. The molecule has 6 nitrogen and oxygen atoms in total. The van der Waals surface area contributed by atoms with E-state index in [1.165, 1.54) is 12.1 Å². The number of amides is 2. The van der Waals surface area contributed by atoms with E-state index in [1.807, 2.05) is 0 Å². The van der Waals surface area contributed by atoms with Crippen molar-refractivity contribution in [3.63, 3.8) is 0 Å². The van der Waals surface area contributed by atoms with Gasteiger partial charge in [-0.25, -0.2) is 9.59 Å². The molecule has 0 aliphatic carbocycles. The van der Waals surface area contributed by atoms with Crippen molar-refractivity contribution in [2.45, 2.75) is 6.42 Å². The molecule has 7 heteroatoms. The highest BCUT2D eigenvalue weighted by atomic mass is 35.5. The third kappa shape index (κ3) is 4.22. The van der Waals surface area contributed by atoms with Crippen LogP contribution < -0.4 is 11.1 Å². The van der Waals surface area contributed by atoms with Crippen LogP contribution in [0, 0.1) is 0 Å². The van der Waals surface area contributed by atoms with Crippen LogP contribution in [0.25, 0.3) is 0 Å². The van der Waals surface area contributed by atoms with E-state index in [9.17, 15) is 9.59 Å². The van der Waals surface area contributed by atoms with Gasteiger partial charge in [0.25, 0.3) is 0 Å². The quantitative estimate of drug-likeness (QED) is 0.602. The first-order valence-electron chi connectivity index (χ1n) is 4.55. The zero-order valence-corrected chi connectivity index (χ0v) is 9.12. The number of carbonyl (C=O) groups is 2. The fraction of sp³-hybridized carbons (Fsp3) is 0.333. The summed E-state index contributed by atoms with van der Waals surface area (Å²) in [6, 6.07) is 2.27. The molecule has 0 saturated carbocycles. The Bertz CT molecular complexity index is 377. The van der Waals surface area contributed by atoms with Gasteiger partial charge in [0.05, 0.1) is 6.61 Å². The third-order valence-electron chi connectivity index (χ3n) is 1.63. The van der Waals surface area contributed by atoms with Gasteiger partial charge in [0.2, 0.25) is 5.76 Å². The molecule has 1 aromatic heterocycles. The number of nitrogens with two attached hydrogens (primary N) is 1. The minimum absolute atomic E-state index is 0.0489. The Morgan fingerprint density at radius 1 is 1.50 bits per heavy atom. The Labute approximate surface area is 96.7 Å². The summed E-state index contributed by atoms with van der Waals surface area (Å²) in [4.78, 5) is 21.6. The van der Waals surface area contributed by atoms with Gasteiger partial charge in [-0.15, -0.1) is 0 Å². The van der Waals surface area contributed by atoms with Crippen molar-refractivity contribution in [2.75, 3.05) is 13.2 Å². The summed E-state index contributed by atoms with van der Waals surface area (Å²) < 4.78 is 9.68. The Hall–Kier alpha value is -1.69. The summed E-state index contributed by atoms with van der Waals surface area (Å²) in [5.41, 5.74) is 4.84. The van der Waals surface area contributed by atoms with Crippen LogP contribution in [0.2, 0.25) is 5.22 Å². The maximum atomic E-state index is 11.3. The van der Waals surface area contributed by atoms with E-state index in [0.29, 0.717) is 13.0 Å². The van der Waals surface area contributed by atoms with Crippen LogP contribution in [-0.4, -0.2) is 25.2 Å². The topological polar surface area (TPSA) is 94.6 Å². The molecule has 88 valence electrons. The second-order valence-electron chi connectivity index (χ2n) is 2.88. The van der Waals surface area contributed by atoms with Gasteiger partial charge in [-0.3, -0.25) is 0 Å². The van der Waals surface area contributed by atoms with E-state index in [4.69, 9.17) is 26.5 Å². The van der Waals surface area contributed by atoms with Crippen molar-refractivity contribution in [3.05, 3.63) is 23.1 Å². The summed E-state index contributed by atoms with van der Waals surface area (Å²) >= 11 is 5.49. The normalized spacial score (nSPS) is 9.81. The van der Waals surface area contributed by atoms with Crippen molar-refractivity contribution in [2.24, 2.45) is 5.73 Å². The first-order valence-corrected chi connectivity index (χ1v) is 4.93. The number of ether oxygens (including phenoxy) is 1. The highest BCUT2D eigenvalue weighted by Crippen LogP contribution is 2.13. The number of hydrogen-bond acceptors (Lipinski definition) is 4. The molecular formula is C9H11ClN2O4. The molecule has 0 aliphatic heterocycles. The zero-order valence-electron chi connectivity index (χ0n) is 8.36. The van der Waals surface area contributed by atoms with Gasteiger partial charge in [-0.05, 0) is 30.2 Å². The van der Waals surface area contributed by atoms with Gasteiger partial charge < -0.3 is 20.2 Å². The zero-order chi connectivity index (χ0) is 12.0. The van der Waals surface area contributed by atoms with E-state index in [2.05, 4.69) is 5.32 Å². The van der Waals surface area contributed by atoms with Gasteiger partial charge in [0, 0.05) is 6.54 Å². The molecule has 0 radical (unpaired) electrons. The fourth-order valence-electron chi connectivity index (χ4n) is 0.944. The molecule has 0 atom stereocenters. The summed E-state index contributed by atoms with van der Waals surface area (Å²) in [5.74, 6) is -0.543. The minimum Gasteiger partial charge on any atom is -0.460 e. The van der Waals surface area contributed by atoms with Crippen LogP contribution in [0.1, 0.15) is 17.0 Å². The number of furan rings is 1. The van der Waals surface area contributed by atoms with Crippen LogP contribution in [0.15, 0.2) is 16.5 Å². The highest BCUT2D eigenvalue weighted by molar-refractivity contribution is 6.29. The number of halogens is 1. The van der Waals surface area contributed by atoms with Gasteiger partial charge in [-0.1, -0.05) is 0 Å². The number of nitrogens with one attached hydrogen (secondary N) is 1. The van der Waals surface area contributed by atoms with Crippen LogP contribution in [-0.2, 0) is 4.74 Å². The van der Waals surface area contributed by atoms with Crippen LogP contribution in [0.5, 0.6) is 0 Å². The van der Waals surface area contributed by atoms with E-state index >= 15 is 0 Å². The first kappa shape index (κ1) is 12.4. The lowest BCUT2D eigenvalue weighted by atomic mass is 10.4. The van der Waals surface area contributed by atoms with E-state index in [-0.39, 0.29) is 17.6 Å². The smallest absolute Gasteiger partial charge is 0.374 e. The monoisotopic (exact) mass is 246 g/mol. The Balaban J connectivity index is 2.18. The molecule has 16 heavy (non-hydrogen) atoms. The number of urea groups is 1. The number of carbonyl (C=O) groups excluding carboxylic acids is 2. The second kappa shape index (κ2) is 6.02. The predicted molar refractivity (Wildman–Crippen MR) is 56.2 cm³/mol. The summed E-state index contributed by atoms with van der Waals surface area (Å²) in [7, 11) is 0. The standard InChI is InChI=1S/C9H11ClN2O4/c10-7-3-2-6(16-7)8(13)15-5-1-4-12-9(11)14/h2-3H,1,4-5H2,(H3,11,12,14). The molecule has 0 bridgehead atoms. The fourth-order valence-corrected chi connectivity index (χ4v) is 1.09. The van der Waals surface area contributed by atoms with Crippen molar-refractivity contribution in [3.8, 4) is 0 Å². The molecule has 0 spiro atoms. The summed E-state index contributed by atoms with van der Waals surface area (Å²) in [6.07, 6.45) is 0.475. The van der Waals surface area contributed by atoms with Crippen LogP contribution in [0.4, 0.5) is 4.79 Å². The van der Waals surface area contributed by atoms with Crippen molar-refractivity contribution < 1.29 is 18.7 Å². The Morgan fingerprint density at radius 2 is 2.25 bits per heavy atom. The molecule has 0 unspecified atom stereocenters. The molecule has 2 amide bonds. The van der Waals surface area contributed by atoms with Crippen molar-refractivity contribution in [1.29, 1.82) is 0 Å². The molecule has 1 heterocycles. The molecule has 3 N–H and O–H groups in total. The average molecular weight is 247 g/mol. The van der Waals surface area contributed by atoms with Gasteiger partial charge in [0.1, 0.15) is 0 Å². The van der Waals surface area contributed by atoms with Gasteiger partial charge >= 0.3 is 12.0 Å². The lowest BCUT2D eigenvalue weighted by Crippen LogP contribution is -2.30. The van der Waals surface area contributed by atoms with Crippen LogP contribution >= 0.6 is 11.6 Å². The van der Waals surface area contributed by atoms with Crippen molar-refractivity contribution in [1.82, 2.24) is 5.32 Å². The largest absolute Gasteiger partial charge is 0.460 e. The molecule has 0 aromatic carbocycles. The van der Waals surface area contributed by atoms with Crippen molar-refractivity contribution >= 4 is 23.6 Å². The van der Waals surface area contributed by atoms with E-state index in [0.717, 1.165) is 0 Å². The Kier molecular flexibility index (Phi) is 4.65. The maximum Gasteiger partial charge on any atom is 0.374 e.